The summed E-state index contributed by atoms with van der Waals surface area (Å²) in [4.78, 5) is 23.9. The van der Waals surface area contributed by atoms with Crippen LogP contribution in [0.25, 0.3) is 0 Å². The summed E-state index contributed by atoms with van der Waals surface area (Å²) in [6.07, 6.45) is 5.31. The summed E-state index contributed by atoms with van der Waals surface area (Å²) in [6, 6.07) is 0.505. The number of hydrogen-bond acceptors (Lipinski definition) is 5. The molecule has 158 valence electrons. The van der Waals surface area contributed by atoms with E-state index in [9.17, 15) is 4.79 Å². The first-order valence-electron chi connectivity index (χ1n) is 10.4. The molecule has 1 aliphatic rings. The van der Waals surface area contributed by atoms with E-state index < -0.39 is 0 Å². The highest BCUT2D eigenvalue weighted by Crippen LogP contribution is 2.17. The lowest BCUT2D eigenvalue weighted by Gasteiger charge is -2.34. The highest BCUT2D eigenvalue weighted by Gasteiger charge is 2.22. The van der Waals surface area contributed by atoms with Gasteiger partial charge < -0.3 is 16.0 Å². The summed E-state index contributed by atoms with van der Waals surface area (Å²) >= 11 is 1.37. The van der Waals surface area contributed by atoms with E-state index in [0.717, 1.165) is 18.2 Å². The minimum atomic E-state index is -0.0641. The molecular weight excluding hydrogens is 372 g/mol. The maximum absolute atomic E-state index is 12.1. The molecule has 2 rings (SSSR count). The Kier molecular flexibility index (Phi) is 9.70. The van der Waals surface area contributed by atoms with Crippen molar-refractivity contribution in [3.8, 4) is 0 Å². The van der Waals surface area contributed by atoms with Gasteiger partial charge in [-0.2, -0.15) is 0 Å². The summed E-state index contributed by atoms with van der Waals surface area (Å²) in [5.74, 6) is 1.31. The third-order valence-corrected chi connectivity index (χ3v) is 6.16. The van der Waals surface area contributed by atoms with Crippen molar-refractivity contribution in [3.05, 3.63) is 16.1 Å². The molecule has 3 N–H and O–H groups in total. The Morgan fingerprint density at radius 1 is 1.18 bits per heavy atom. The summed E-state index contributed by atoms with van der Waals surface area (Å²) in [6.45, 7) is 10.9. The van der Waals surface area contributed by atoms with Crippen LogP contribution in [0, 0.1) is 12.8 Å². The number of hydrogen-bond donors (Lipinski definition) is 3. The fourth-order valence-electron chi connectivity index (χ4n) is 3.59. The van der Waals surface area contributed by atoms with Gasteiger partial charge in [0.2, 0.25) is 0 Å². The Morgan fingerprint density at radius 2 is 1.86 bits per heavy atom. The molecule has 0 aliphatic carbocycles. The number of aromatic nitrogens is 1. The van der Waals surface area contributed by atoms with Gasteiger partial charge in [0.1, 0.15) is 4.88 Å². The zero-order chi connectivity index (χ0) is 20.4. The van der Waals surface area contributed by atoms with Crippen LogP contribution in [0.4, 0.5) is 0 Å². The highest BCUT2D eigenvalue weighted by atomic mass is 32.1. The molecule has 1 unspecified atom stereocenters. The van der Waals surface area contributed by atoms with Crippen LogP contribution < -0.4 is 16.0 Å². The molecule has 1 atom stereocenters. The Bertz CT molecular complexity index is 622. The highest BCUT2D eigenvalue weighted by molar-refractivity contribution is 7.11. The lowest BCUT2D eigenvalue weighted by atomic mass is 10.0. The van der Waals surface area contributed by atoms with Crippen molar-refractivity contribution in [2.75, 3.05) is 39.8 Å². The standard InChI is InChI=1S/C20H36N6OS/c1-15(2)17(26-11-7-5-6-8-12-26)13-24-20(21-4)23-10-9-22-19(27)18-16(3)25-14-28-18/h14-15,17H,5-13H2,1-4H3,(H,22,27)(H2,21,23,24). The van der Waals surface area contributed by atoms with E-state index in [-0.39, 0.29) is 5.91 Å². The quantitative estimate of drug-likeness (QED) is 0.349. The number of nitrogens with one attached hydrogen (secondary N) is 3. The maximum Gasteiger partial charge on any atom is 0.263 e. The molecule has 0 saturated carbocycles. The normalized spacial score (nSPS) is 17.2. The smallest absolute Gasteiger partial charge is 0.263 e. The van der Waals surface area contributed by atoms with Crippen LogP contribution in [-0.4, -0.2) is 67.6 Å². The average Bonchev–Trinajstić information content (AvgIpc) is 2.93. The van der Waals surface area contributed by atoms with Crippen molar-refractivity contribution in [1.29, 1.82) is 0 Å². The van der Waals surface area contributed by atoms with Crippen LogP contribution in [0.3, 0.4) is 0 Å². The molecule has 1 fully saturated rings. The Morgan fingerprint density at radius 3 is 2.43 bits per heavy atom. The van der Waals surface area contributed by atoms with E-state index in [2.05, 4.69) is 44.7 Å². The largest absolute Gasteiger partial charge is 0.355 e. The molecule has 1 aliphatic heterocycles. The number of aryl methyl sites for hydroxylation is 1. The van der Waals surface area contributed by atoms with Gasteiger partial charge in [0.05, 0.1) is 11.2 Å². The number of nitrogens with zero attached hydrogens (tertiary/aromatic N) is 3. The summed E-state index contributed by atoms with van der Waals surface area (Å²) < 4.78 is 0. The van der Waals surface area contributed by atoms with Gasteiger partial charge in [0.25, 0.3) is 5.91 Å². The topological polar surface area (TPSA) is 81.6 Å². The number of carbonyl (C=O) groups is 1. The van der Waals surface area contributed by atoms with Crippen LogP contribution >= 0.6 is 11.3 Å². The van der Waals surface area contributed by atoms with Crippen LogP contribution in [0.15, 0.2) is 10.5 Å². The van der Waals surface area contributed by atoms with Crippen LogP contribution in [0.5, 0.6) is 0 Å². The van der Waals surface area contributed by atoms with Crippen LogP contribution in [-0.2, 0) is 0 Å². The third-order valence-electron chi connectivity index (χ3n) is 5.24. The van der Waals surface area contributed by atoms with Gasteiger partial charge in [0, 0.05) is 32.7 Å². The molecule has 0 radical (unpaired) electrons. The van der Waals surface area contributed by atoms with Crippen molar-refractivity contribution in [3.63, 3.8) is 0 Å². The molecule has 0 aromatic carbocycles. The minimum absolute atomic E-state index is 0.0641. The Hall–Kier alpha value is -1.67. The van der Waals surface area contributed by atoms with E-state index >= 15 is 0 Å². The zero-order valence-electron chi connectivity index (χ0n) is 17.8. The van der Waals surface area contributed by atoms with E-state index in [0.29, 0.717) is 29.9 Å². The summed E-state index contributed by atoms with van der Waals surface area (Å²) in [5, 5.41) is 9.68. The van der Waals surface area contributed by atoms with Crippen molar-refractivity contribution >= 4 is 23.2 Å². The van der Waals surface area contributed by atoms with E-state index in [1.54, 1.807) is 12.6 Å². The average molecular weight is 409 g/mol. The number of likely N-dealkylation sites (tertiary alicyclic amines) is 1. The van der Waals surface area contributed by atoms with E-state index in [1.807, 2.05) is 6.92 Å². The second-order valence-electron chi connectivity index (χ2n) is 7.66. The maximum atomic E-state index is 12.1. The molecule has 0 bridgehead atoms. The van der Waals surface area contributed by atoms with Gasteiger partial charge in [0.15, 0.2) is 5.96 Å². The molecule has 2 heterocycles. The van der Waals surface area contributed by atoms with Gasteiger partial charge in [-0.25, -0.2) is 4.98 Å². The molecule has 8 heteroatoms. The van der Waals surface area contributed by atoms with Crippen molar-refractivity contribution in [2.24, 2.45) is 10.9 Å². The monoisotopic (exact) mass is 408 g/mol. The van der Waals surface area contributed by atoms with Gasteiger partial charge in [-0.05, 0) is 38.8 Å². The van der Waals surface area contributed by atoms with Gasteiger partial charge >= 0.3 is 0 Å². The Balaban J connectivity index is 1.73. The van der Waals surface area contributed by atoms with E-state index in [1.165, 1.54) is 50.1 Å². The van der Waals surface area contributed by atoms with Crippen LogP contribution in [0.2, 0.25) is 0 Å². The zero-order valence-corrected chi connectivity index (χ0v) is 18.6. The van der Waals surface area contributed by atoms with Crippen molar-refractivity contribution in [1.82, 2.24) is 25.8 Å². The van der Waals surface area contributed by atoms with Gasteiger partial charge in [-0.1, -0.05) is 26.7 Å². The minimum Gasteiger partial charge on any atom is -0.355 e. The molecule has 7 nitrogen and oxygen atoms in total. The first-order valence-corrected chi connectivity index (χ1v) is 11.3. The van der Waals surface area contributed by atoms with E-state index in [4.69, 9.17) is 0 Å². The second-order valence-corrected chi connectivity index (χ2v) is 8.52. The molecule has 1 aromatic rings. The fraction of sp³-hybridized carbons (Fsp3) is 0.750. The fourth-order valence-corrected chi connectivity index (χ4v) is 4.31. The second kappa shape index (κ2) is 12.0. The van der Waals surface area contributed by atoms with Crippen LogP contribution in [0.1, 0.15) is 54.9 Å². The first kappa shape index (κ1) is 22.6. The number of rotatable bonds is 8. The summed E-state index contributed by atoms with van der Waals surface area (Å²) in [5.41, 5.74) is 2.48. The number of thiazole rings is 1. The predicted octanol–water partition coefficient (Wildman–Crippen LogP) is 2.25. The molecule has 1 aromatic heterocycles. The van der Waals surface area contributed by atoms with Crippen molar-refractivity contribution < 1.29 is 4.79 Å². The molecule has 28 heavy (non-hydrogen) atoms. The van der Waals surface area contributed by atoms with Gasteiger partial charge in [-0.3, -0.25) is 14.7 Å². The number of aliphatic imine (C=N–C) groups is 1. The third kappa shape index (κ3) is 7.05. The molecular formula is C20H36N6OS. The lowest BCUT2D eigenvalue weighted by molar-refractivity contribution is 0.0957. The van der Waals surface area contributed by atoms with Crippen molar-refractivity contribution in [2.45, 2.75) is 52.5 Å². The molecule has 1 saturated heterocycles. The number of guanidine groups is 1. The Labute approximate surface area is 173 Å². The number of amides is 1. The predicted molar refractivity (Wildman–Crippen MR) is 117 cm³/mol. The van der Waals surface area contributed by atoms with Gasteiger partial charge in [-0.15, -0.1) is 11.3 Å². The molecule has 1 amide bonds. The lowest BCUT2D eigenvalue weighted by Crippen LogP contribution is -2.50. The SMILES string of the molecule is CN=C(NCCNC(=O)c1scnc1C)NCC(C(C)C)N1CCCCCC1. The summed E-state index contributed by atoms with van der Waals surface area (Å²) in [7, 11) is 1.78. The number of carbonyl (C=O) groups excluding carboxylic acids is 1. The first-order chi connectivity index (χ1) is 13.5. The molecule has 0 spiro atoms.